The van der Waals surface area contributed by atoms with E-state index in [1.807, 2.05) is 32.2 Å². The molecule has 0 saturated heterocycles. The zero-order valence-corrected chi connectivity index (χ0v) is 15.1. The van der Waals surface area contributed by atoms with E-state index in [0.717, 1.165) is 47.6 Å². The number of aromatic nitrogens is 4. The standard InChI is InChI=1S/C19H21N5O2/c1-12-7-8-17(26-3)16(11-12)24-10-9-15(22-24)19(25)20-18-13-5-4-6-14(13)21-23(18)2/h7-11H,4-6H2,1-3H3,(H,20,25). The van der Waals surface area contributed by atoms with Gasteiger partial charge in [0.15, 0.2) is 5.69 Å². The van der Waals surface area contributed by atoms with Gasteiger partial charge in [0, 0.05) is 18.8 Å². The van der Waals surface area contributed by atoms with Crippen LogP contribution in [0.4, 0.5) is 5.82 Å². The molecule has 0 aliphatic heterocycles. The quantitative estimate of drug-likeness (QED) is 0.784. The highest BCUT2D eigenvalue weighted by Gasteiger charge is 2.23. The van der Waals surface area contributed by atoms with Crippen molar-refractivity contribution in [2.45, 2.75) is 26.2 Å². The van der Waals surface area contributed by atoms with Gasteiger partial charge < -0.3 is 10.1 Å². The summed E-state index contributed by atoms with van der Waals surface area (Å²) >= 11 is 0. The maximum absolute atomic E-state index is 12.7. The molecule has 2 heterocycles. The molecule has 0 unspecified atom stereocenters. The number of benzene rings is 1. The Bertz CT molecular complexity index is 986. The van der Waals surface area contributed by atoms with Crippen molar-refractivity contribution in [3.05, 3.63) is 53.0 Å². The molecule has 134 valence electrons. The summed E-state index contributed by atoms with van der Waals surface area (Å²) in [5.41, 5.74) is 4.46. The van der Waals surface area contributed by atoms with E-state index in [2.05, 4.69) is 15.5 Å². The second-order valence-corrected chi connectivity index (χ2v) is 6.53. The van der Waals surface area contributed by atoms with Crippen molar-refractivity contribution in [3.63, 3.8) is 0 Å². The van der Waals surface area contributed by atoms with Crippen molar-refractivity contribution in [1.82, 2.24) is 19.6 Å². The van der Waals surface area contributed by atoms with Crippen molar-refractivity contribution in [1.29, 1.82) is 0 Å². The van der Waals surface area contributed by atoms with Crippen LogP contribution in [0.15, 0.2) is 30.5 Å². The highest BCUT2D eigenvalue weighted by Crippen LogP contribution is 2.28. The molecule has 2 aromatic heterocycles. The summed E-state index contributed by atoms with van der Waals surface area (Å²) in [4.78, 5) is 12.7. The lowest BCUT2D eigenvalue weighted by Crippen LogP contribution is -2.16. The SMILES string of the molecule is COc1ccc(C)cc1-n1ccc(C(=O)Nc2c3c(nn2C)CCC3)n1. The van der Waals surface area contributed by atoms with Crippen molar-refractivity contribution >= 4 is 11.7 Å². The number of hydrogen-bond donors (Lipinski definition) is 1. The van der Waals surface area contributed by atoms with Crippen LogP contribution in [0, 0.1) is 6.92 Å². The van der Waals surface area contributed by atoms with Gasteiger partial charge in [0.05, 0.1) is 12.8 Å². The lowest BCUT2D eigenvalue weighted by Gasteiger charge is -2.09. The Hall–Kier alpha value is -3.09. The molecule has 0 radical (unpaired) electrons. The van der Waals surface area contributed by atoms with Crippen LogP contribution < -0.4 is 10.1 Å². The number of ether oxygens (including phenoxy) is 1. The maximum Gasteiger partial charge on any atom is 0.277 e. The number of anilines is 1. The van der Waals surface area contributed by atoms with E-state index in [-0.39, 0.29) is 5.91 Å². The molecule has 0 atom stereocenters. The van der Waals surface area contributed by atoms with Gasteiger partial charge in [0.1, 0.15) is 17.3 Å². The van der Waals surface area contributed by atoms with Crippen molar-refractivity contribution in [3.8, 4) is 11.4 Å². The fourth-order valence-corrected chi connectivity index (χ4v) is 3.41. The summed E-state index contributed by atoms with van der Waals surface area (Å²) < 4.78 is 8.80. The Morgan fingerprint density at radius 1 is 1.23 bits per heavy atom. The van der Waals surface area contributed by atoms with Gasteiger partial charge in [0.2, 0.25) is 0 Å². The third-order valence-electron chi connectivity index (χ3n) is 4.70. The normalized spacial score (nSPS) is 12.9. The molecule has 4 rings (SSSR count). The van der Waals surface area contributed by atoms with Gasteiger partial charge >= 0.3 is 0 Å². The molecule has 26 heavy (non-hydrogen) atoms. The summed E-state index contributed by atoms with van der Waals surface area (Å²) in [6, 6.07) is 7.54. The molecular weight excluding hydrogens is 330 g/mol. The molecule has 7 heteroatoms. The number of rotatable bonds is 4. The Morgan fingerprint density at radius 3 is 2.88 bits per heavy atom. The van der Waals surface area contributed by atoms with Crippen LogP contribution in [0.25, 0.3) is 5.69 Å². The van der Waals surface area contributed by atoms with Gasteiger partial charge in [0.25, 0.3) is 5.91 Å². The van der Waals surface area contributed by atoms with E-state index in [4.69, 9.17) is 4.74 Å². The fourth-order valence-electron chi connectivity index (χ4n) is 3.41. The maximum atomic E-state index is 12.7. The zero-order chi connectivity index (χ0) is 18.3. The first-order valence-electron chi connectivity index (χ1n) is 8.63. The average molecular weight is 351 g/mol. The monoisotopic (exact) mass is 351 g/mol. The van der Waals surface area contributed by atoms with Gasteiger partial charge in [-0.05, 0) is 49.9 Å². The lowest BCUT2D eigenvalue weighted by atomic mass is 10.2. The van der Waals surface area contributed by atoms with Gasteiger partial charge in [-0.1, -0.05) is 6.07 Å². The second-order valence-electron chi connectivity index (χ2n) is 6.53. The van der Waals surface area contributed by atoms with Gasteiger partial charge in [-0.3, -0.25) is 9.48 Å². The Balaban J connectivity index is 1.61. The van der Waals surface area contributed by atoms with Gasteiger partial charge in [-0.15, -0.1) is 0 Å². The van der Waals surface area contributed by atoms with E-state index in [0.29, 0.717) is 11.4 Å². The van der Waals surface area contributed by atoms with Gasteiger partial charge in [-0.2, -0.15) is 10.2 Å². The first kappa shape index (κ1) is 16.4. The number of nitrogens with one attached hydrogen (secondary N) is 1. The summed E-state index contributed by atoms with van der Waals surface area (Å²) in [7, 11) is 3.47. The summed E-state index contributed by atoms with van der Waals surface area (Å²) in [5.74, 6) is 1.23. The van der Waals surface area contributed by atoms with Crippen molar-refractivity contribution in [2.24, 2.45) is 7.05 Å². The smallest absolute Gasteiger partial charge is 0.277 e. The van der Waals surface area contributed by atoms with Crippen LogP contribution in [-0.4, -0.2) is 32.6 Å². The fraction of sp³-hybridized carbons (Fsp3) is 0.316. The molecule has 0 fully saturated rings. The Labute approximate surface area is 151 Å². The number of carbonyl (C=O) groups is 1. The molecular formula is C19H21N5O2. The number of amides is 1. The van der Waals surface area contributed by atoms with E-state index in [9.17, 15) is 4.79 Å². The lowest BCUT2D eigenvalue weighted by molar-refractivity contribution is 0.102. The minimum Gasteiger partial charge on any atom is -0.494 e. The van der Waals surface area contributed by atoms with Crippen LogP contribution in [-0.2, 0) is 19.9 Å². The number of nitrogens with zero attached hydrogens (tertiary/aromatic N) is 4. The van der Waals surface area contributed by atoms with Crippen LogP contribution in [0.5, 0.6) is 5.75 Å². The number of hydrogen-bond acceptors (Lipinski definition) is 4. The van der Waals surface area contributed by atoms with Crippen LogP contribution >= 0.6 is 0 Å². The third-order valence-corrected chi connectivity index (χ3v) is 4.70. The van der Waals surface area contributed by atoms with E-state index in [1.165, 1.54) is 0 Å². The zero-order valence-electron chi connectivity index (χ0n) is 15.1. The second kappa shape index (κ2) is 6.33. The van der Waals surface area contributed by atoms with E-state index >= 15 is 0 Å². The average Bonchev–Trinajstić information content (AvgIpc) is 3.33. The molecule has 0 bridgehead atoms. The first-order chi connectivity index (χ1) is 12.6. The molecule has 1 aliphatic rings. The molecule has 1 aromatic carbocycles. The predicted molar refractivity (Wildman–Crippen MR) is 98.0 cm³/mol. The van der Waals surface area contributed by atoms with Crippen molar-refractivity contribution < 1.29 is 9.53 Å². The van der Waals surface area contributed by atoms with E-state index in [1.54, 1.807) is 28.7 Å². The predicted octanol–water partition coefficient (Wildman–Crippen LogP) is 2.66. The molecule has 1 N–H and O–H groups in total. The van der Waals surface area contributed by atoms with Crippen LogP contribution in [0.1, 0.15) is 33.7 Å². The minimum absolute atomic E-state index is 0.243. The van der Waals surface area contributed by atoms with Crippen LogP contribution in [0.2, 0.25) is 0 Å². The van der Waals surface area contributed by atoms with Crippen molar-refractivity contribution in [2.75, 3.05) is 12.4 Å². The topological polar surface area (TPSA) is 74.0 Å². The summed E-state index contributed by atoms with van der Waals surface area (Å²) in [6.07, 6.45) is 4.78. The Kier molecular flexibility index (Phi) is 3.99. The minimum atomic E-state index is -0.243. The summed E-state index contributed by atoms with van der Waals surface area (Å²) in [6.45, 7) is 2.00. The molecule has 0 spiro atoms. The van der Waals surface area contributed by atoms with Gasteiger partial charge in [-0.25, -0.2) is 4.68 Å². The molecule has 7 nitrogen and oxygen atoms in total. The number of methoxy groups -OCH3 is 1. The number of carbonyl (C=O) groups excluding carboxylic acids is 1. The van der Waals surface area contributed by atoms with E-state index < -0.39 is 0 Å². The number of fused-ring (bicyclic) bond motifs is 1. The third kappa shape index (κ3) is 2.75. The van der Waals surface area contributed by atoms with Crippen LogP contribution in [0.3, 0.4) is 0 Å². The highest BCUT2D eigenvalue weighted by molar-refractivity contribution is 6.02. The summed E-state index contributed by atoms with van der Waals surface area (Å²) in [5, 5.41) is 11.9. The number of aryl methyl sites for hydroxylation is 3. The molecule has 3 aromatic rings. The molecule has 1 amide bonds. The first-order valence-corrected chi connectivity index (χ1v) is 8.63. The largest absolute Gasteiger partial charge is 0.494 e. The molecule has 0 saturated carbocycles. The Morgan fingerprint density at radius 2 is 2.08 bits per heavy atom. The highest BCUT2D eigenvalue weighted by atomic mass is 16.5. The molecule has 1 aliphatic carbocycles.